The Hall–Kier alpha value is -2.26. The van der Waals surface area contributed by atoms with Crippen molar-refractivity contribution in [3.05, 3.63) is 57.7 Å². The van der Waals surface area contributed by atoms with E-state index in [4.69, 9.17) is 23.2 Å². The van der Waals surface area contributed by atoms with E-state index in [-0.39, 0.29) is 21.4 Å². The summed E-state index contributed by atoms with van der Waals surface area (Å²) < 4.78 is 26.3. The number of benzene rings is 2. The Balaban J connectivity index is 1.85. The first-order valence-electron chi connectivity index (χ1n) is 9.49. The van der Waals surface area contributed by atoms with Gasteiger partial charge in [0.1, 0.15) is 4.90 Å². The lowest BCUT2D eigenvalue weighted by molar-refractivity contribution is 0.0954. The molecule has 0 radical (unpaired) electrons. The van der Waals surface area contributed by atoms with Crippen LogP contribution in [0.15, 0.2) is 41.4 Å². The molecule has 10 heteroatoms. The van der Waals surface area contributed by atoms with Gasteiger partial charge in [-0.15, -0.1) is 0 Å². The van der Waals surface area contributed by atoms with E-state index in [9.17, 15) is 13.2 Å². The van der Waals surface area contributed by atoms with E-state index in [1.165, 1.54) is 26.2 Å². The Bertz CT molecular complexity index is 1240. The van der Waals surface area contributed by atoms with Crippen LogP contribution in [0.2, 0.25) is 10.0 Å². The summed E-state index contributed by atoms with van der Waals surface area (Å²) in [5.41, 5.74) is 2.75. The van der Waals surface area contributed by atoms with Gasteiger partial charge in [0.25, 0.3) is 5.91 Å². The molecule has 2 aromatic carbocycles. The number of fused-ring (bicyclic) bond motifs is 1. The van der Waals surface area contributed by atoms with E-state index in [1.807, 2.05) is 24.4 Å². The first kappa shape index (κ1) is 23.4. The minimum Gasteiger partial charge on any atom is -0.377 e. The van der Waals surface area contributed by atoms with Gasteiger partial charge in [0.05, 0.1) is 16.3 Å². The van der Waals surface area contributed by atoms with Gasteiger partial charge in [0.2, 0.25) is 10.0 Å². The number of anilines is 1. The first-order chi connectivity index (χ1) is 14.5. The van der Waals surface area contributed by atoms with Crippen LogP contribution < -0.4 is 10.2 Å². The van der Waals surface area contributed by atoms with Gasteiger partial charge in [0.15, 0.2) is 0 Å². The van der Waals surface area contributed by atoms with Crippen molar-refractivity contribution in [2.24, 2.45) is 0 Å². The van der Waals surface area contributed by atoms with Crippen LogP contribution >= 0.6 is 23.2 Å². The summed E-state index contributed by atoms with van der Waals surface area (Å²) in [6, 6.07) is 8.42. The summed E-state index contributed by atoms with van der Waals surface area (Å²) >= 11 is 12.3. The Morgan fingerprint density at radius 1 is 1.10 bits per heavy atom. The van der Waals surface area contributed by atoms with Crippen LogP contribution in [0.4, 0.5) is 5.69 Å². The molecule has 1 aromatic heterocycles. The van der Waals surface area contributed by atoms with E-state index in [2.05, 4.69) is 10.3 Å². The number of carbonyl (C=O) groups excluding carboxylic acids is 1. The van der Waals surface area contributed by atoms with Crippen molar-refractivity contribution in [1.29, 1.82) is 0 Å². The van der Waals surface area contributed by atoms with E-state index < -0.39 is 10.0 Å². The Morgan fingerprint density at radius 2 is 1.81 bits per heavy atom. The van der Waals surface area contributed by atoms with Crippen molar-refractivity contribution in [2.45, 2.75) is 11.3 Å². The predicted molar refractivity (Wildman–Crippen MR) is 126 cm³/mol. The highest BCUT2D eigenvalue weighted by molar-refractivity contribution is 7.89. The molecule has 3 rings (SSSR count). The zero-order chi connectivity index (χ0) is 22.9. The molecular weight excluding hydrogens is 459 g/mol. The van der Waals surface area contributed by atoms with Crippen LogP contribution in [0.25, 0.3) is 10.9 Å². The monoisotopic (exact) mass is 482 g/mol. The largest absolute Gasteiger partial charge is 0.377 e. The standard InChI is InChI=1S/C21H24Cl2N4O3S/c1-26(2)19-11-17(23)20(31(29,30)27(3)4)10-16(19)21(28)24-8-7-13-12-25-18-6-5-14(22)9-15(13)18/h5-6,9-12,25H,7-8H2,1-4H3,(H,24,28). The number of H-pyrrole nitrogens is 1. The molecule has 0 saturated heterocycles. The summed E-state index contributed by atoms with van der Waals surface area (Å²) in [7, 11) is 2.55. The third kappa shape index (κ3) is 4.82. The number of aromatic nitrogens is 1. The highest BCUT2D eigenvalue weighted by atomic mass is 35.5. The maximum atomic E-state index is 13.0. The number of nitrogens with one attached hydrogen (secondary N) is 2. The van der Waals surface area contributed by atoms with Crippen molar-refractivity contribution >= 4 is 55.7 Å². The number of sulfonamides is 1. The smallest absolute Gasteiger partial charge is 0.253 e. The molecule has 1 heterocycles. The first-order valence-corrected chi connectivity index (χ1v) is 11.7. The maximum Gasteiger partial charge on any atom is 0.253 e. The van der Waals surface area contributed by atoms with Crippen LogP contribution in [0.3, 0.4) is 0 Å². The molecule has 2 N–H and O–H groups in total. The minimum atomic E-state index is -3.80. The second-order valence-corrected chi connectivity index (χ2v) is 10.5. The molecule has 0 bridgehead atoms. The minimum absolute atomic E-state index is 0.0598. The fraction of sp³-hybridized carbons (Fsp3) is 0.286. The summed E-state index contributed by atoms with van der Waals surface area (Å²) in [4.78, 5) is 17.8. The van der Waals surface area contributed by atoms with Gasteiger partial charge >= 0.3 is 0 Å². The Kier molecular flexibility index (Phi) is 6.85. The van der Waals surface area contributed by atoms with Gasteiger partial charge in [-0.1, -0.05) is 23.2 Å². The van der Waals surface area contributed by atoms with E-state index in [1.54, 1.807) is 19.0 Å². The van der Waals surface area contributed by atoms with Crippen molar-refractivity contribution < 1.29 is 13.2 Å². The number of amides is 1. The van der Waals surface area contributed by atoms with Crippen LogP contribution in [0.1, 0.15) is 15.9 Å². The SMILES string of the molecule is CN(C)c1cc(Cl)c(S(=O)(=O)N(C)C)cc1C(=O)NCCc1c[nH]c2ccc(Cl)cc12. The quantitative estimate of drug-likeness (QED) is 0.536. The highest BCUT2D eigenvalue weighted by Crippen LogP contribution is 2.31. The van der Waals surface area contributed by atoms with Gasteiger partial charge in [-0.25, -0.2) is 12.7 Å². The number of rotatable bonds is 7. The van der Waals surface area contributed by atoms with Gasteiger partial charge < -0.3 is 15.2 Å². The van der Waals surface area contributed by atoms with E-state index >= 15 is 0 Å². The van der Waals surface area contributed by atoms with Gasteiger partial charge in [0, 0.05) is 56.9 Å². The van der Waals surface area contributed by atoms with Gasteiger partial charge in [-0.3, -0.25) is 4.79 Å². The highest BCUT2D eigenvalue weighted by Gasteiger charge is 2.25. The number of carbonyl (C=O) groups is 1. The second-order valence-electron chi connectivity index (χ2n) is 7.49. The topological polar surface area (TPSA) is 85.5 Å². The number of hydrogen-bond donors (Lipinski definition) is 2. The molecule has 166 valence electrons. The van der Waals surface area contributed by atoms with Crippen molar-refractivity contribution in [2.75, 3.05) is 39.6 Å². The van der Waals surface area contributed by atoms with Crippen molar-refractivity contribution in [1.82, 2.24) is 14.6 Å². The predicted octanol–water partition coefficient (Wildman–Crippen LogP) is 3.76. The summed E-state index contributed by atoms with van der Waals surface area (Å²) in [6.07, 6.45) is 2.47. The fourth-order valence-corrected chi connectivity index (χ4v) is 4.84. The number of hydrogen-bond acceptors (Lipinski definition) is 4. The zero-order valence-corrected chi connectivity index (χ0v) is 20.0. The van der Waals surface area contributed by atoms with E-state index in [0.717, 1.165) is 20.8 Å². The average Bonchev–Trinajstić information content (AvgIpc) is 3.09. The molecule has 0 atom stereocenters. The van der Waals surface area contributed by atoms with Gasteiger partial charge in [-0.2, -0.15) is 0 Å². The number of halogens is 2. The lowest BCUT2D eigenvalue weighted by Gasteiger charge is -2.20. The third-order valence-corrected chi connectivity index (χ3v) is 7.46. The average molecular weight is 483 g/mol. The molecule has 7 nitrogen and oxygen atoms in total. The van der Waals surface area contributed by atoms with Gasteiger partial charge in [-0.05, 0) is 42.3 Å². The molecule has 0 spiro atoms. The second kappa shape index (κ2) is 9.08. The number of nitrogens with zero attached hydrogens (tertiary/aromatic N) is 2. The zero-order valence-electron chi connectivity index (χ0n) is 17.7. The van der Waals surface area contributed by atoms with Crippen molar-refractivity contribution in [3.63, 3.8) is 0 Å². The fourth-order valence-electron chi connectivity index (χ4n) is 3.25. The summed E-state index contributed by atoms with van der Waals surface area (Å²) in [5.74, 6) is -0.381. The number of aromatic amines is 1. The van der Waals surface area contributed by atoms with Crippen LogP contribution in [-0.4, -0.2) is 58.3 Å². The van der Waals surface area contributed by atoms with Crippen LogP contribution in [0, 0.1) is 0 Å². The summed E-state index contributed by atoms with van der Waals surface area (Å²) in [6.45, 7) is 0.365. The molecule has 31 heavy (non-hydrogen) atoms. The van der Waals surface area contributed by atoms with Crippen molar-refractivity contribution in [3.8, 4) is 0 Å². The van der Waals surface area contributed by atoms with E-state index in [0.29, 0.717) is 23.7 Å². The van der Waals surface area contributed by atoms with Crippen LogP contribution in [0.5, 0.6) is 0 Å². The molecule has 3 aromatic rings. The molecular formula is C21H24Cl2N4O3S. The lowest BCUT2D eigenvalue weighted by atomic mass is 10.1. The molecule has 0 aliphatic rings. The van der Waals surface area contributed by atoms with Crippen LogP contribution in [-0.2, 0) is 16.4 Å². The normalized spacial score (nSPS) is 11.8. The molecule has 0 aliphatic heterocycles. The lowest BCUT2D eigenvalue weighted by Crippen LogP contribution is -2.29. The molecule has 1 amide bonds. The third-order valence-electron chi connectivity index (χ3n) is 4.94. The summed E-state index contributed by atoms with van der Waals surface area (Å²) in [5, 5.41) is 4.58. The maximum absolute atomic E-state index is 13.0. The molecule has 0 saturated carbocycles. The molecule has 0 unspecified atom stereocenters. The molecule has 0 aliphatic carbocycles. The Labute approximate surface area is 192 Å². The molecule has 0 fully saturated rings. The Morgan fingerprint density at radius 3 is 2.45 bits per heavy atom.